The smallest absolute Gasteiger partial charge is 0.331 e. The molecule has 6 heteroatoms. The number of ether oxygens (including phenoxy) is 2. The third-order valence-electron chi connectivity index (χ3n) is 4.09. The van der Waals surface area contributed by atoms with E-state index in [-0.39, 0.29) is 25.5 Å². The minimum atomic E-state index is -1.48. The van der Waals surface area contributed by atoms with Gasteiger partial charge in [-0.25, -0.2) is 4.79 Å². The molecule has 1 aliphatic carbocycles. The molecular formula is C16H23NO5. The summed E-state index contributed by atoms with van der Waals surface area (Å²) in [6.45, 7) is 1.92. The van der Waals surface area contributed by atoms with Gasteiger partial charge in [0.15, 0.2) is 0 Å². The molecule has 0 aromatic carbocycles. The summed E-state index contributed by atoms with van der Waals surface area (Å²) in [4.78, 5) is 36.0. The van der Waals surface area contributed by atoms with E-state index in [9.17, 15) is 14.4 Å². The van der Waals surface area contributed by atoms with Crippen LogP contribution in [0.2, 0.25) is 0 Å². The molecule has 0 radical (unpaired) electrons. The van der Waals surface area contributed by atoms with Crippen LogP contribution < -0.4 is 5.32 Å². The zero-order valence-electron chi connectivity index (χ0n) is 12.9. The Morgan fingerprint density at radius 1 is 1.36 bits per heavy atom. The molecule has 122 valence electrons. The van der Waals surface area contributed by atoms with E-state index in [1.807, 2.05) is 0 Å². The predicted octanol–water partition coefficient (Wildman–Crippen LogP) is 1.63. The van der Waals surface area contributed by atoms with Gasteiger partial charge >= 0.3 is 11.9 Å². The topological polar surface area (TPSA) is 81.7 Å². The molecule has 1 aliphatic heterocycles. The van der Waals surface area contributed by atoms with Crippen LogP contribution in [-0.2, 0) is 23.9 Å². The number of cyclic esters (lactones) is 1. The van der Waals surface area contributed by atoms with Crippen molar-refractivity contribution in [1.29, 1.82) is 0 Å². The van der Waals surface area contributed by atoms with Crippen LogP contribution >= 0.6 is 0 Å². The fourth-order valence-electron chi connectivity index (χ4n) is 2.95. The van der Waals surface area contributed by atoms with Crippen molar-refractivity contribution in [3.8, 4) is 0 Å². The third-order valence-corrected chi connectivity index (χ3v) is 4.09. The maximum atomic E-state index is 12.6. The van der Waals surface area contributed by atoms with Gasteiger partial charge in [-0.3, -0.25) is 9.59 Å². The predicted molar refractivity (Wildman–Crippen MR) is 78.8 cm³/mol. The molecule has 0 bridgehead atoms. The standard InChI is InChI=1S/C16H23NO5/c1-2-21-14(19)11-16(10-6-9-13(18)22-16)15(20)17-12-7-4-3-5-8-12/h6,9,12H,2-5,7-8,10-11H2,1H3,(H,17,20). The highest BCUT2D eigenvalue weighted by molar-refractivity contribution is 5.95. The minimum Gasteiger partial charge on any atom is -0.466 e. The first kappa shape index (κ1) is 16.5. The molecule has 1 amide bonds. The van der Waals surface area contributed by atoms with Crippen LogP contribution in [0.4, 0.5) is 0 Å². The summed E-state index contributed by atoms with van der Waals surface area (Å²) in [6, 6.07) is 0.0879. The lowest BCUT2D eigenvalue weighted by molar-refractivity contribution is -0.172. The monoisotopic (exact) mass is 309 g/mol. The third kappa shape index (κ3) is 4.08. The van der Waals surface area contributed by atoms with Crippen molar-refractivity contribution >= 4 is 17.8 Å². The van der Waals surface area contributed by atoms with Crippen LogP contribution in [-0.4, -0.2) is 36.1 Å². The van der Waals surface area contributed by atoms with Gasteiger partial charge in [-0.1, -0.05) is 25.3 Å². The molecule has 0 aromatic heterocycles. The van der Waals surface area contributed by atoms with Crippen molar-refractivity contribution < 1.29 is 23.9 Å². The van der Waals surface area contributed by atoms with E-state index >= 15 is 0 Å². The lowest BCUT2D eigenvalue weighted by Gasteiger charge is -2.34. The van der Waals surface area contributed by atoms with Gasteiger partial charge in [0.1, 0.15) is 0 Å². The Kier molecular flexibility index (Phi) is 5.57. The number of hydrogen-bond acceptors (Lipinski definition) is 5. The first-order valence-corrected chi connectivity index (χ1v) is 7.92. The molecule has 0 aromatic rings. The second-order valence-electron chi connectivity index (χ2n) is 5.81. The van der Waals surface area contributed by atoms with Crippen molar-refractivity contribution in [1.82, 2.24) is 5.32 Å². The first-order chi connectivity index (χ1) is 10.6. The maximum Gasteiger partial charge on any atom is 0.331 e. The highest BCUT2D eigenvalue weighted by Gasteiger charge is 2.46. The van der Waals surface area contributed by atoms with E-state index in [0.29, 0.717) is 0 Å². The molecule has 1 N–H and O–H groups in total. The molecule has 1 heterocycles. The summed E-state index contributed by atoms with van der Waals surface area (Å²) >= 11 is 0. The van der Waals surface area contributed by atoms with Crippen molar-refractivity contribution in [2.45, 2.75) is 63.5 Å². The second-order valence-corrected chi connectivity index (χ2v) is 5.81. The molecule has 1 saturated carbocycles. The number of carbonyl (C=O) groups is 3. The summed E-state index contributed by atoms with van der Waals surface area (Å²) < 4.78 is 10.2. The Morgan fingerprint density at radius 3 is 2.73 bits per heavy atom. The van der Waals surface area contributed by atoms with Gasteiger partial charge in [0.25, 0.3) is 5.91 Å². The van der Waals surface area contributed by atoms with Gasteiger partial charge in [0, 0.05) is 18.5 Å². The van der Waals surface area contributed by atoms with E-state index in [4.69, 9.17) is 9.47 Å². The van der Waals surface area contributed by atoms with Crippen LogP contribution in [0, 0.1) is 0 Å². The SMILES string of the molecule is CCOC(=O)CC1(C(=O)NC2CCCCC2)CC=CC(=O)O1. The maximum absolute atomic E-state index is 12.6. The molecule has 1 fully saturated rings. The molecule has 1 unspecified atom stereocenters. The fraction of sp³-hybridized carbons (Fsp3) is 0.688. The van der Waals surface area contributed by atoms with E-state index in [1.165, 1.54) is 12.5 Å². The van der Waals surface area contributed by atoms with Gasteiger partial charge in [0.2, 0.25) is 5.60 Å². The lowest BCUT2D eigenvalue weighted by atomic mass is 9.90. The van der Waals surface area contributed by atoms with Crippen LogP contribution in [0.25, 0.3) is 0 Å². The summed E-state index contributed by atoms with van der Waals surface area (Å²) in [5.41, 5.74) is -1.48. The number of hydrogen-bond donors (Lipinski definition) is 1. The summed E-state index contributed by atoms with van der Waals surface area (Å²) in [6.07, 6.45) is 7.97. The highest BCUT2D eigenvalue weighted by atomic mass is 16.6. The molecule has 0 saturated heterocycles. The zero-order chi connectivity index (χ0) is 16.0. The van der Waals surface area contributed by atoms with E-state index in [0.717, 1.165) is 25.7 Å². The average Bonchev–Trinajstić information content (AvgIpc) is 2.48. The molecule has 1 atom stereocenters. The fourth-order valence-corrected chi connectivity index (χ4v) is 2.95. The number of amides is 1. The Morgan fingerprint density at radius 2 is 2.09 bits per heavy atom. The molecule has 2 aliphatic rings. The lowest BCUT2D eigenvalue weighted by Crippen LogP contribution is -2.54. The van der Waals surface area contributed by atoms with E-state index < -0.39 is 23.4 Å². The largest absolute Gasteiger partial charge is 0.466 e. The first-order valence-electron chi connectivity index (χ1n) is 7.92. The van der Waals surface area contributed by atoms with Crippen LogP contribution in [0.15, 0.2) is 12.2 Å². The number of carbonyl (C=O) groups excluding carboxylic acids is 3. The number of nitrogens with one attached hydrogen (secondary N) is 1. The quantitative estimate of drug-likeness (QED) is 0.781. The van der Waals surface area contributed by atoms with Gasteiger partial charge in [-0.2, -0.15) is 0 Å². The number of esters is 2. The van der Waals surface area contributed by atoms with Gasteiger partial charge in [-0.05, 0) is 19.8 Å². The molecule has 22 heavy (non-hydrogen) atoms. The minimum absolute atomic E-state index is 0.0879. The van der Waals surface area contributed by atoms with E-state index in [2.05, 4.69) is 5.32 Å². The molecule has 6 nitrogen and oxygen atoms in total. The summed E-state index contributed by atoms with van der Waals surface area (Å²) in [7, 11) is 0. The van der Waals surface area contributed by atoms with Gasteiger partial charge < -0.3 is 14.8 Å². The summed E-state index contributed by atoms with van der Waals surface area (Å²) in [5.74, 6) is -1.54. The zero-order valence-corrected chi connectivity index (χ0v) is 12.9. The van der Waals surface area contributed by atoms with E-state index in [1.54, 1.807) is 13.0 Å². The number of rotatable bonds is 5. The molecule has 0 spiro atoms. The Bertz CT molecular complexity index is 467. The molecule has 2 rings (SSSR count). The summed E-state index contributed by atoms with van der Waals surface area (Å²) in [5, 5.41) is 2.94. The van der Waals surface area contributed by atoms with Crippen LogP contribution in [0.5, 0.6) is 0 Å². The second kappa shape index (κ2) is 7.42. The van der Waals surface area contributed by atoms with Crippen molar-refractivity contribution in [3.63, 3.8) is 0 Å². The Balaban J connectivity index is 2.09. The van der Waals surface area contributed by atoms with Crippen LogP contribution in [0.3, 0.4) is 0 Å². The Hall–Kier alpha value is -1.85. The van der Waals surface area contributed by atoms with Gasteiger partial charge in [-0.15, -0.1) is 0 Å². The van der Waals surface area contributed by atoms with Gasteiger partial charge in [0.05, 0.1) is 13.0 Å². The highest BCUT2D eigenvalue weighted by Crippen LogP contribution is 2.28. The average molecular weight is 309 g/mol. The normalized spacial score (nSPS) is 25.4. The molecular weight excluding hydrogens is 286 g/mol. The van der Waals surface area contributed by atoms with Crippen molar-refractivity contribution in [2.75, 3.05) is 6.61 Å². The van der Waals surface area contributed by atoms with Crippen molar-refractivity contribution in [3.05, 3.63) is 12.2 Å². The van der Waals surface area contributed by atoms with Crippen LogP contribution in [0.1, 0.15) is 51.9 Å². The van der Waals surface area contributed by atoms with Crippen molar-refractivity contribution in [2.24, 2.45) is 0 Å². The Labute approximate surface area is 130 Å².